The van der Waals surface area contributed by atoms with Gasteiger partial charge in [-0.05, 0) is 51.9 Å². The average Bonchev–Trinajstić information content (AvgIpc) is 2.81. The zero-order valence-electron chi connectivity index (χ0n) is 19.1. The van der Waals surface area contributed by atoms with Crippen LogP contribution < -0.4 is 25.6 Å². The lowest BCUT2D eigenvalue weighted by Crippen LogP contribution is -2.37. The normalized spacial score (nSPS) is 14.9. The van der Waals surface area contributed by atoms with Gasteiger partial charge in [-0.25, -0.2) is 10.5 Å². The Bertz CT molecular complexity index is 902. The summed E-state index contributed by atoms with van der Waals surface area (Å²) in [6.07, 6.45) is 4.87. The highest BCUT2D eigenvalue weighted by atomic mass is 16.5. The number of amides is 1. The van der Waals surface area contributed by atoms with Crippen molar-refractivity contribution in [2.24, 2.45) is 0 Å². The van der Waals surface area contributed by atoms with Crippen LogP contribution in [0.5, 0.6) is 11.5 Å². The van der Waals surface area contributed by atoms with Gasteiger partial charge in [0.25, 0.3) is 0 Å². The number of benzene rings is 1. The predicted octanol–water partition coefficient (Wildman–Crippen LogP) is 2.63. The summed E-state index contributed by atoms with van der Waals surface area (Å²) in [5.41, 5.74) is 2.43. The van der Waals surface area contributed by atoms with Gasteiger partial charge in [0.2, 0.25) is 11.9 Å². The van der Waals surface area contributed by atoms with Gasteiger partial charge in [-0.15, -0.1) is 0 Å². The summed E-state index contributed by atoms with van der Waals surface area (Å²) >= 11 is 0. The number of unbranched alkanes of at least 4 members (excludes halogenated alkanes) is 2. The number of anilines is 2. The number of carbonyl (C=O) groups excluding carboxylic acids is 1. The topological polar surface area (TPSA) is 121 Å². The second kappa shape index (κ2) is 11.7. The van der Waals surface area contributed by atoms with Crippen molar-refractivity contribution in [2.45, 2.75) is 44.6 Å². The molecule has 0 unspecified atom stereocenters. The summed E-state index contributed by atoms with van der Waals surface area (Å²) < 4.78 is 10.9. The van der Waals surface area contributed by atoms with E-state index in [-0.39, 0.29) is 5.91 Å². The molecule has 0 radical (unpaired) electrons. The number of likely N-dealkylation sites (tertiary alicyclic amines) is 1. The van der Waals surface area contributed by atoms with Gasteiger partial charge in [-0.2, -0.15) is 4.98 Å². The highest BCUT2D eigenvalue weighted by molar-refractivity contribution is 5.92. The van der Waals surface area contributed by atoms with Gasteiger partial charge in [0.1, 0.15) is 5.82 Å². The van der Waals surface area contributed by atoms with E-state index in [1.165, 1.54) is 0 Å². The highest BCUT2D eigenvalue weighted by Crippen LogP contribution is 2.35. The van der Waals surface area contributed by atoms with Crippen LogP contribution in [0, 0.1) is 0 Å². The van der Waals surface area contributed by atoms with Crippen molar-refractivity contribution in [1.29, 1.82) is 0 Å². The van der Waals surface area contributed by atoms with E-state index in [2.05, 4.69) is 27.6 Å². The van der Waals surface area contributed by atoms with Gasteiger partial charge < -0.3 is 25.0 Å². The molecule has 1 aliphatic heterocycles. The van der Waals surface area contributed by atoms with Crippen LogP contribution in [0.4, 0.5) is 11.8 Å². The molecule has 0 bridgehead atoms. The SMILES string of the molecule is COc1cc2nc(NCCCCCC(=O)NO)nc(NC3CCN(C)CC3)c2cc1OC. The summed E-state index contributed by atoms with van der Waals surface area (Å²) in [5.74, 6) is 2.24. The third kappa shape index (κ3) is 6.33. The third-order valence-electron chi connectivity index (χ3n) is 5.75. The summed E-state index contributed by atoms with van der Waals surface area (Å²) in [4.78, 5) is 22.9. The van der Waals surface area contributed by atoms with E-state index in [1.807, 2.05) is 12.1 Å². The number of rotatable bonds is 11. The Labute approximate surface area is 188 Å². The van der Waals surface area contributed by atoms with Crippen LogP contribution in [0.3, 0.4) is 0 Å². The van der Waals surface area contributed by atoms with E-state index >= 15 is 0 Å². The van der Waals surface area contributed by atoms with Gasteiger partial charge in [-0.1, -0.05) is 6.42 Å². The first-order valence-corrected chi connectivity index (χ1v) is 11.1. The first kappa shape index (κ1) is 23.8. The first-order valence-electron chi connectivity index (χ1n) is 11.1. The molecule has 0 aliphatic carbocycles. The molecule has 1 amide bonds. The number of nitrogens with zero attached hydrogens (tertiary/aromatic N) is 3. The third-order valence-corrected chi connectivity index (χ3v) is 5.75. The first-order chi connectivity index (χ1) is 15.5. The van der Waals surface area contributed by atoms with Gasteiger partial charge >= 0.3 is 0 Å². The maximum atomic E-state index is 11.1. The molecule has 10 nitrogen and oxygen atoms in total. The molecule has 1 aromatic heterocycles. The van der Waals surface area contributed by atoms with Crippen molar-refractivity contribution in [3.63, 3.8) is 0 Å². The molecule has 176 valence electrons. The molecule has 0 spiro atoms. The van der Waals surface area contributed by atoms with Gasteiger partial charge in [-0.3, -0.25) is 10.0 Å². The minimum atomic E-state index is -0.357. The number of methoxy groups -OCH3 is 2. The van der Waals surface area contributed by atoms with Crippen LogP contribution in [-0.4, -0.2) is 72.9 Å². The van der Waals surface area contributed by atoms with Gasteiger partial charge in [0.15, 0.2) is 11.5 Å². The van der Waals surface area contributed by atoms with Crippen LogP contribution in [0.15, 0.2) is 12.1 Å². The molecule has 32 heavy (non-hydrogen) atoms. The van der Waals surface area contributed by atoms with Crippen LogP contribution in [0.2, 0.25) is 0 Å². The monoisotopic (exact) mass is 446 g/mol. The Kier molecular flexibility index (Phi) is 8.69. The molecule has 2 aromatic rings. The number of hydroxylamine groups is 1. The molecular weight excluding hydrogens is 412 g/mol. The largest absolute Gasteiger partial charge is 0.493 e. The maximum absolute atomic E-state index is 11.1. The fourth-order valence-corrected chi connectivity index (χ4v) is 3.83. The van der Waals surface area contributed by atoms with E-state index in [0.29, 0.717) is 42.9 Å². The van der Waals surface area contributed by atoms with Crippen molar-refractivity contribution in [2.75, 3.05) is 51.5 Å². The lowest BCUT2D eigenvalue weighted by molar-refractivity contribution is -0.129. The highest BCUT2D eigenvalue weighted by Gasteiger charge is 2.20. The molecule has 3 rings (SSSR count). The quantitative estimate of drug-likeness (QED) is 0.234. The van der Waals surface area contributed by atoms with E-state index < -0.39 is 0 Å². The van der Waals surface area contributed by atoms with Crippen LogP contribution in [0.25, 0.3) is 10.9 Å². The number of fused-ring (bicyclic) bond motifs is 1. The number of carbonyl (C=O) groups is 1. The van der Waals surface area contributed by atoms with Crippen molar-refractivity contribution in [1.82, 2.24) is 20.3 Å². The lowest BCUT2D eigenvalue weighted by Gasteiger charge is -2.30. The molecule has 0 saturated carbocycles. The average molecular weight is 447 g/mol. The van der Waals surface area contributed by atoms with Crippen LogP contribution in [0.1, 0.15) is 38.5 Å². The molecule has 0 atom stereocenters. The zero-order valence-corrected chi connectivity index (χ0v) is 19.1. The summed E-state index contributed by atoms with van der Waals surface area (Å²) in [7, 11) is 5.37. The number of aromatic nitrogens is 2. The number of hydrogen-bond acceptors (Lipinski definition) is 9. The summed E-state index contributed by atoms with van der Waals surface area (Å²) in [6.45, 7) is 2.79. The second-order valence-electron chi connectivity index (χ2n) is 8.11. The molecule has 1 fully saturated rings. The van der Waals surface area contributed by atoms with Crippen LogP contribution >= 0.6 is 0 Å². The Hall–Kier alpha value is -2.85. The Morgan fingerprint density at radius 3 is 2.53 bits per heavy atom. The summed E-state index contributed by atoms with van der Waals surface area (Å²) in [5, 5.41) is 16.4. The van der Waals surface area contributed by atoms with Gasteiger partial charge in [0, 0.05) is 30.5 Å². The number of nitrogens with one attached hydrogen (secondary N) is 3. The smallest absolute Gasteiger partial charge is 0.243 e. The molecule has 1 aliphatic rings. The van der Waals surface area contributed by atoms with Gasteiger partial charge in [0.05, 0.1) is 19.7 Å². The molecule has 10 heteroatoms. The lowest BCUT2D eigenvalue weighted by atomic mass is 10.1. The fraction of sp³-hybridized carbons (Fsp3) is 0.591. The van der Waals surface area contributed by atoms with Crippen molar-refractivity contribution >= 4 is 28.6 Å². The van der Waals surface area contributed by atoms with Crippen LogP contribution in [-0.2, 0) is 4.79 Å². The van der Waals surface area contributed by atoms with E-state index in [0.717, 1.165) is 55.5 Å². The predicted molar refractivity (Wildman–Crippen MR) is 124 cm³/mol. The van der Waals surface area contributed by atoms with E-state index in [9.17, 15) is 4.79 Å². The minimum Gasteiger partial charge on any atom is -0.493 e. The van der Waals surface area contributed by atoms with Crippen molar-refractivity contribution in [3.8, 4) is 11.5 Å². The molecule has 2 heterocycles. The number of hydrogen-bond donors (Lipinski definition) is 4. The van der Waals surface area contributed by atoms with E-state index in [4.69, 9.17) is 19.7 Å². The Morgan fingerprint density at radius 2 is 1.84 bits per heavy atom. The maximum Gasteiger partial charge on any atom is 0.243 e. The second-order valence-corrected chi connectivity index (χ2v) is 8.11. The standard InChI is InChI=1S/C22H34N6O4/c1-28-11-8-15(9-12-28)24-21-16-13-18(31-2)19(32-3)14-17(16)25-22(26-21)23-10-6-4-5-7-20(29)27-30/h13-15,30H,4-12H2,1-3H3,(H,27,29)(H2,23,24,25,26). The van der Waals surface area contributed by atoms with E-state index in [1.54, 1.807) is 19.7 Å². The van der Waals surface area contributed by atoms with Crippen molar-refractivity contribution < 1.29 is 19.5 Å². The molecular formula is C22H34N6O4. The molecule has 1 aromatic carbocycles. The van der Waals surface area contributed by atoms with Crippen molar-refractivity contribution in [3.05, 3.63) is 12.1 Å². The number of piperidine rings is 1. The zero-order chi connectivity index (χ0) is 22.9. The molecule has 1 saturated heterocycles. The number of ether oxygens (including phenoxy) is 2. The Balaban J connectivity index is 1.75. The summed E-state index contributed by atoms with van der Waals surface area (Å²) in [6, 6.07) is 4.14. The Morgan fingerprint density at radius 1 is 1.12 bits per heavy atom. The minimum absolute atomic E-state index is 0.315. The fourth-order valence-electron chi connectivity index (χ4n) is 3.83. The molecule has 4 N–H and O–H groups in total.